The summed E-state index contributed by atoms with van der Waals surface area (Å²) < 4.78 is 5.32. The van der Waals surface area contributed by atoms with E-state index in [-0.39, 0.29) is 11.5 Å². The fourth-order valence-corrected chi connectivity index (χ4v) is 1.21. The topological polar surface area (TPSA) is 49.7 Å². The van der Waals surface area contributed by atoms with Gasteiger partial charge in [0.05, 0.1) is 10.2 Å². The molecule has 0 saturated carbocycles. The van der Waals surface area contributed by atoms with E-state index in [2.05, 4.69) is 0 Å². The zero-order chi connectivity index (χ0) is 9.14. The lowest BCUT2D eigenvalue weighted by Crippen LogP contribution is -1.88. The summed E-state index contributed by atoms with van der Waals surface area (Å²) in [7, 11) is 1.56. The van der Waals surface area contributed by atoms with E-state index in [4.69, 9.17) is 4.74 Å². The van der Waals surface area contributed by atoms with Gasteiger partial charge in [0.2, 0.25) is 0 Å². The van der Waals surface area contributed by atoms with Crippen molar-refractivity contribution in [2.45, 2.75) is 6.61 Å². The van der Waals surface area contributed by atoms with Gasteiger partial charge < -0.3 is 14.9 Å². The van der Waals surface area contributed by atoms with Crippen molar-refractivity contribution in [1.29, 1.82) is 0 Å². The summed E-state index contributed by atoms with van der Waals surface area (Å²) in [6.07, 6.45) is 0. The maximum absolute atomic E-state index is 9.28. The Balaban J connectivity index is 3.04. The lowest BCUT2D eigenvalue weighted by atomic mass is 10.2. The van der Waals surface area contributed by atoms with Crippen LogP contribution in [0.25, 0.3) is 0 Å². The van der Waals surface area contributed by atoms with Crippen LogP contribution in [0.5, 0.6) is 11.5 Å². The van der Waals surface area contributed by atoms with Gasteiger partial charge in [-0.1, -0.05) is 0 Å². The Labute approximate surface area is 84.1 Å². The molecule has 1 rings (SSSR count). The Morgan fingerprint density at radius 1 is 1.33 bits per heavy atom. The Morgan fingerprint density at radius 3 is 2.25 bits per heavy atom. The van der Waals surface area contributed by atoms with Gasteiger partial charge in [0, 0.05) is 7.11 Å². The number of hydrogen-bond acceptors (Lipinski definition) is 3. The molecule has 0 spiro atoms. The largest absolute Gasteiger partial charge is 0.507 e. The lowest BCUT2D eigenvalue weighted by molar-refractivity contribution is 0.184. The lowest BCUT2D eigenvalue weighted by Gasteiger charge is -2.04. The maximum Gasteiger partial charge on any atom is 0.133 e. The highest BCUT2D eigenvalue weighted by Crippen LogP contribution is 2.30. The van der Waals surface area contributed by atoms with Crippen molar-refractivity contribution in [1.82, 2.24) is 0 Å². The highest BCUT2D eigenvalue weighted by atomic mass is 127. The number of ether oxygens (including phenoxy) is 1. The number of phenolic OH excluding ortho intramolecular Hbond substituents is 2. The predicted molar refractivity (Wildman–Crippen MR) is 53.2 cm³/mol. The van der Waals surface area contributed by atoms with Crippen LogP contribution in [0.15, 0.2) is 12.1 Å². The first-order valence-electron chi connectivity index (χ1n) is 3.34. The van der Waals surface area contributed by atoms with Crippen molar-refractivity contribution in [3.05, 3.63) is 21.3 Å². The average Bonchev–Trinajstić information content (AvgIpc) is 2.01. The molecule has 2 N–H and O–H groups in total. The summed E-state index contributed by atoms with van der Waals surface area (Å²) in [6.45, 7) is 0.387. The normalized spacial score (nSPS) is 10.2. The van der Waals surface area contributed by atoms with Crippen LogP contribution in [-0.4, -0.2) is 17.3 Å². The summed E-state index contributed by atoms with van der Waals surface area (Å²) in [5, 5.41) is 18.6. The molecule has 0 aliphatic rings. The van der Waals surface area contributed by atoms with Crippen molar-refractivity contribution in [2.24, 2.45) is 0 Å². The van der Waals surface area contributed by atoms with E-state index in [1.54, 1.807) is 19.2 Å². The van der Waals surface area contributed by atoms with Gasteiger partial charge in [-0.15, -0.1) is 0 Å². The Bertz CT molecular complexity index is 263. The molecule has 0 heterocycles. The van der Waals surface area contributed by atoms with Crippen LogP contribution in [0.1, 0.15) is 5.56 Å². The zero-order valence-corrected chi connectivity index (χ0v) is 8.70. The minimum Gasteiger partial charge on any atom is -0.507 e. The Hall–Kier alpha value is -0.490. The van der Waals surface area contributed by atoms with E-state index in [9.17, 15) is 10.2 Å². The zero-order valence-electron chi connectivity index (χ0n) is 6.54. The minimum absolute atomic E-state index is 0.0858. The molecule has 12 heavy (non-hydrogen) atoms. The van der Waals surface area contributed by atoms with Crippen molar-refractivity contribution in [3.63, 3.8) is 0 Å². The average molecular weight is 280 g/mol. The number of halogens is 1. The molecule has 0 unspecified atom stereocenters. The molecule has 0 bridgehead atoms. The molecule has 0 fully saturated rings. The molecule has 4 heteroatoms. The van der Waals surface area contributed by atoms with Crippen molar-refractivity contribution < 1.29 is 14.9 Å². The van der Waals surface area contributed by atoms with Crippen LogP contribution in [0, 0.1) is 3.57 Å². The number of rotatable bonds is 2. The molecule has 0 aliphatic heterocycles. The number of phenols is 2. The second kappa shape index (κ2) is 3.95. The second-order valence-electron chi connectivity index (χ2n) is 2.38. The van der Waals surface area contributed by atoms with Crippen LogP contribution in [0.4, 0.5) is 0 Å². The summed E-state index contributed by atoms with van der Waals surface area (Å²) in [4.78, 5) is 0. The minimum atomic E-state index is 0.0858. The third kappa shape index (κ3) is 2.01. The summed E-state index contributed by atoms with van der Waals surface area (Å²) in [6, 6.07) is 3.15. The smallest absolute Gasteiger partial charge is 0.133 e. The van der Waals surface area contributed by atoms with Crippen LogP contribution in [0.2, 0.25) is 0 Å². The number of methoxy groups -OCH3 is 1. The van der Waals surface area contributed by atoms with Gasteiger partial charge in [-0.2, -0.15) is 0 Å². The van der Waals surface area contributed by atoms with E-state index in [1.807, 2.05) is 22.6 Å². The van der Waals surface area contributed by atoms with E-state index in [1.165, 1.54) is 0 Å². The van der Waals surface area contributed by atoms with Crippen molar-refractivity contribution >= 4 is 22.6 Å². The molecule has 0 aliphatic carbocycles. The highest BCUT2D eigenvalue weighted by molar-refractivity contribution is 14.1. The molecule has 3 nitrogen and oxygen atoms in total. The Kier molecular flexibility index (Phi) is 3.16. The maximum atomic E-state index is 9.28. The van der Waals surface area contributed by atoms with E-state index in [0.717, 1.165) is 5.56 Å². The molecule has 0 atom stereocenters. The number of aromatic hydroxyl groups is 2. The van der Waals surface area contributed by atoms with Crippen LogP contribution < -0.4 is 0 Å². The quantitative estimate of drug-likeness (QED) is 0.813. The monoisotopic (exact) mass is 280 g/mol. The third-order valence-corrected chi connectivity index (χ3v) is 2.51. The van der Waals surface area contributed by atoms with Gasteiger partial charge in [0.1, 0.15) is 11.5 Å². The van der Waals surface area contributed by atoms with Crippen molar-refractivity contribution in [3.8, 4) is 11.5 Å². The van der Waals surface area contributed by atoms with Gasteiger partial charge in [-0.05, 0) is 40.3 Å². The summed E-state index contributed by atoms with van der Waals surface area (Å²) >= 11 is 1.87. The SMILES string of the molecule is COCc1cc(O)c(I)c(O)c1. The van der Waals surface area contributed by atoms with Crippen LogP contribution in [0.3, 0.4) is 0 Å². The number of hydrogen-bond donors (Lipinski definition) is 2. The molecular weight excluding hydrogens is 271 g/mol. The van der Waals surface area contributed by atoms with Gasteiger partial charge in [0.15, 0.2) is 0 Å². The standard InChI is InChI=1S/C8H9IO3/c1-12-4-5-2-6(10)8(9)7(11)3-5/h2-3,10-11H,4H2,1H3. The van der Waals surface area contributed by atoms with Gasteiger partial charge in [-0.25, -0.2) is 0 Å². The molecular formula is C8H9IO3. The molecule has 0 aromatic heterocycles. The highest BCUT2D eigenvalue weighted by Gasteiger charge is 2.05. The number of benzene rings is 1. The first-order valence-corrected chi connectivity index (χ1v) is 4.42. The fourth-order valence-electron chi connectivity index (χ4n) is 0.901. The second-order valence-corrected chi connectivity index (χ2v) is 3.46. The molecule has 0 amide bonds. The first kappa shape index (κ1) is 9.60. The van der Waals surface area contributed by atoms with Gasteiger partial charge >= 0.3 is 0 Å². The van der Waals surface area contributed by atoms with E-state index in [0.29, 0.717) is 10.2 Å². The molecule has 1 aromatic carbocycles. The van der Waals surface area contributed by atoms with Gasteiger partial charge in [0.25, 0.3) is 0 Å². The third-order valence-electron chi connectivity index (χ3n) is 1.40. The van der Waals surface area contributed by atoms with E-state index < -0.39 is 0 Å². The van der Waals surface area contributed by atoms with Gasteiger partial charge in [-0.3, -0.25) is 0 Å². The summed E-state index contributed by atoms with van der Waals surface area (Å²) in [5.41, 5.74) is 0.757. The van der Waals surface area contributed by atoms with Crippen molar-refractivity contribution in [2.75, 3.05) is 7.11 Å². The van der Waals surface area contributed by atoms with E-state index >= 15 is 0 Å². The fraction of sp³-hybridized carbons (Fsp3) is 0.250. The van der Waals surface area contributed by atoms with Crippen LogP contribution in [-0.2, 0) is 11.3 Å². The van der Waals surface area contributed by atoms with Crippen LogP contribution >= 0.6 is 22.6 Å². The summed E-state index contributed by atoms with van der Waals surface area (Å²) in [5.74, 6) is 0.172. The molecule has 0 saturated heterocycles. The Morgan fingerprint density at radius 2 is 1.83 bits per heavy atom. The molecule has 66 valence electrons. The molecule has 0 radical (unpaired) electrons. The molecule has 1 aromatic rings. The first-order chi connectivity index (χ1) is 5.65. The predicted octanol–water partition coefficient (Wildman–Crippen LogP) is 1.85.